The molecule has 116 valence electrons. The molecule has 0 saturated carbocycles. The molecule has 5 nitrogen and oxygen atoms in total. The summed E-state index contributed by atoms with van der Waals surface area (Å²) < 4.78 is 1.93. The smallest absolute Gasteiger partial charge is 0.320 e. The van der Waals surface area contributed by atoms with Crippen LogP contribution in [0.25, 0.3) is 5.69 Å². The van der Waals surface area contributed by atoms with Crippen molar-refractivity contribution in [3.63, 3.8) is 0 Å². The van der Waals surface area contributed by atoms with E-state index in [-0.39, 0.29) is 6.04 Å². The summed E-state index contributed by atoms with van der Waals surface area (Å²) in [6.07, 6.45) is 1.71. The van der Waals surface area contributed by atoms with Gasteiger partial charge in [-0.2, -0.15) is 5.10 Å². The quantitative estimate of drug-likeness (QED) is 0.942. The third-order valence-corrected chi connectivity index (χ3v) is 4.22. The molecule has 1 aromatic heterocycles. The highest BCUT2D eigenvalue weighted by Crippen LogP contribution is 2.21. The maximum absolute atomic E-state index is 11.2. The van der Waals surface area contributed by atoms with Crippen LogP contribution in [-0.4, -0.2) is 38.3 Å². The molecule has 1 saturated heterocycles. The van der Waals surface area contributed by atoms with Crippen LogP contribution in [0.1, 0.15) is 29.8 Å². The van der Waals surface area contributed by atoms with E-state index < -0.39 is 5.97 Å². The molecule has 1 aliphatic rings. The highest BCUT2D eigenvalue weighted by atomic mass is 16.4. The number of aromatic nitrogens is 2. The average Bonchev–Trinajstić information content (AvgIpc) is 3.06. The lowest BCUT2D eigenvalue weighted by Crippen LogP contribution is -2.35. The van der Waals surface area contributed by atoms with Crippen LogP contribution in [0.3, 0.4) is 0 Å². The second-order valence-electron chi connectivity index (χ2n) is 5.97. The third kappa shape index (κ3) is 2.90. The van der Waals surface area contributed by atoms with Crippen LogP contribution in [0, 0.1) is 13.8 Å². The Kier molecular flexibility index (Phi) is 3.98. The summed E-state index contributed by atoms with van der Waals surface area (Å²) in [6.45, 7) is 5.57. The van der Waals surface area contributed by atoms with Crippen molar-refractivity contribution in [2.45, 2.75) is 39.3 Å². The fourth-order valence-corrected chi connectivity index (χ4v) is 3.16. The van der Waals surface area contributed by atoms with Crippen LogP contribution in [0.4, 0.5) is 0 Å². The van der Waals surface area contributed by atoms with Crippen LogP contribution >= 0.6 is 0 Å². The molecule has 2 aromatic rings. The lowest BCUT2D eigenvalue weighted by molar-refractivity contribution is -0.142. The molecular weight excluding hydrogens is 278 g/mol. The predicted octanol–water partition coefficient (Wildman–Crippen LogP) is 2.54. The van der Waals surface area contributed by atoms with Gasteiger partial charge in [0.05, 0.1) is 11.4 Å². The number of carboxylic acids is 1. The molecule has 0 amide bonds. The Balaban J connectivity index is 1.74. The first kappa shape index (κ1) is 14.8. The maximum Gasteiger partial charge on any atom is 0.320 e. The van der Waals surface area contributed by atoms with Gasteiger partial charge in [-0.3, -0.25) is 9.69 Å². The van der Waals surface area contributed by atoms with E-state index in [0.717, 1.165) is 42.0 Å². The number of carboxylic acid groups (broad SMARTS) is 1. The summed E-state index contributed by atoms with van der Waals surface area (Å²) >= 11 is 0. The molecule has 1 aliphatic heterocycles. The average molecular weight is 299 g/mol. The molecule has 1 unspecified atom stereocenters. The summed E-state index contributed by atoms with van der Waals surface area (Å²) in [5.74, 6) is -0.711. The lowest BCUT2D eigenvalue weighted by atomic mass is 10.1. The third-order valence-electron chi connectivity index (χ3n) is 4.22. The van der Waals surface area contributed by atoms with E-state index in [0.29, 0.717) is 6.54 Å². The number of aliphatic carboxylic acids is 1. The zero-order valence-corrected chi connectivity index (χ0v) is 13.0. The Morgan fingerprint density at radius 1 is 1.32 bits per heavy atom. The number of hydrogen-bond donors (Lipinski definition) is 1. The molecule has 0 radical (unpaired) electrons. The largest absolute Gasteiger partial charge is 0.480 e. The van der Waals surface area contributed by atoms with Gasteiger partial charge < -0.3 is 5.11 Å². The Hall–Kier alpha value is -2.14. The monoisotopic (exact) mass is 299 g/mol. The second kappa shape index (κ2) is 5.93. The Morgan fingerprint density at radius 2 is 2.05 bits per heavy atom. The van der Waals surface area contributed by atoms with Gasteiger partial charge in [-0.15, -0.1) is 0 Å². The minimum Gasteiger partial charge on any atom is -0.480 e. The molecule has 1 aromatic carbocycles. The number of benzene rings is 1. The predicted molar refractivity (Wildman–Crippen MR) is 84.1 cm³/mol. The number of carbonyl (C=O) groups is 1. The number of likely N-dealkylation sites (tertiary alicyclic amines) is 1. The first-order chi connectivity index (χ1) is 10.5. The molecule has 0 aliphatic carbocycles. The summed E-state index contributed by atoms with van der Waals surface area (Å²) in [4.78, 5) is 13.3. The van der Waals surface area contributed by atoms with Crippen molar-refractivity contribution in [3.8, 4) is 5.69 Å². The zero-order valence-electron chi connectivity index (χ0n) is 13.0. The van der Waals surface area contributed by atoms with Crippen LogP contribution in [0.2, 0.25) is 0 Å². The fraction of sp³-hybridized carbons (Fsp3) is 0.412. The van der Waals surface area contributed by atoms with Crippen molar-refractivity contribution in [1.82, 2.24) is 14.7 Å². The van der Waals surface area contributed by atoms with Crippen molar-refractivity contribution in [1.29, 1.82) is 0 Å². The second-order valence-corrected chi connectivity index (χ2v) is 5.97. The van der Waals surface area contributed by atoms with Crippen LogP contribution in [0.15, 0.2) is 30.3 Å². The van der Waals surface area contributed by atoms with Gasteiger partial charge in [-0.05, 0) is 57.0 Å². The van der Waals surface area contributed by atoms with Gasteiger partial charge in [-0.25, -0.2) is 4.68 Å². The van der Waals surface area contributed by atoms with Gasteiger partial charge in [0.1, 0.15) is 6.04 Å². The van der Waals surface area contributed by atoms with Crippen molar-refractivity contribution >= 4 is 5.97 Å². The van der Waals surface area contributed by atoms with E-state index in [2.05, 4.69) is 23.3 Å². The lowest BCUT2D eigenvalue weighted by Gasteiger charge is -2.21. The first-order valence-electron chi connectivity index (χ1n) is 7.64. The minimum atomic E-state index is -0.711. The molecular formula is C17H21N3O2. The molecule has 3 rings (SSSR count). The Bertz CT molecular complexity index is 676. The maximum atomic E-state index is 11.2. The van der Waals surface area contributed by atoms with Gasteiger partial charge >= 0.3 is 5.97 Å². The number of nitrogens with zero attached hydrogens (tertiary/aromatic N) is 3. The van der Waals surface area contributed by atoms with Gasteiger partial charge in [0.15, 0.2) is 0 Å². The Morgan fingerprint density at radius 3 is 2.64 bits per heavy atom. The fourth-order valence-electron chi connectivity index (χ4n) is 3.16. The zero-order chi connectivity index (χ0) is 15.7. The topological polar surface area (TPSA) is 58.4 Å². The molecule has 2 heterocycles. The van der Waals surface area contributed by atoms with Crippen molar-refractivity contribution in [2.24, 2.45) is 0 Å². The number of aryl methyl sites for hydroxylation is 2. The number of rotatable bonds is 4. The van der Waals surface area contributed by atoms with Gasteiger partial charge in [0.2, 0.25) is 0 Å². The van der Waals surface area contributed by atoms with E-state index >= 15 is 0 Å². The van der Waals surface area contributed by atoms with E-state index in [1.54, 1.807) is 0 Å². The molecule has 22 heavy (non-hydrogen) atoms. The Labute approximate surface area is 130 Å². The normalized spacial score (nSPS) is 18.7. The summed E-state index contributed by atoms with van der Waals surface area (Å²) in [5.41, 5.74) is 4.28. The summed E-state index contributed by atoms with van der Waals surface area (Å²) in [6, 6.07) is 9.92. The van der Waals surface area contributed by atoms with Crippen LogP contribution < -0.4 is 0 Å². The molecule has 0 bridgehead atoms. The SMILES string of the molecule is Cc1cc(C)n(-c2ccc(CN3CCCC3C(=O)O)cc2)n1. The van der Waals surface area contributed by atoms with Gasteiger partial charge in [0.25, 0.3) is 0 Å². The van der Waals surface area contributed by atoms with Crippen molar-refractivity contribution in [3.05, 3.63) is 47.3 Å². The highest BCUT2D eigenvalue weighted by molar-refractivity contribution is 5.73. The molecule has 0 spiro atoms. The van der Waals surface area contributed by atoms with Crippen molar-refractivity contribution in [2.75, 3.05) is 6.54 Å². The number of hydrogen-bond acceptors (Lipinski definition) is 3. The van der Waals surface area contributed by atoms with Gasteiger partial charge in [-0.1, -0.05) is 12.1 Å². The van der Waals surface area contributed by atoms with Crippen LogP contribution in [-0.2, 0) is 11.3 Å². The summed E-state index contributed by atoms with van der Waals surface area (Å²) in [5, 5.41) is 13.7. The minimum absolute atomic E-state index is 0.337. The van der Waals surface area contributed by atoms with E-state index in [1.165, 1.54) is 0 Å². The van der Waals surface area contributed by atoms with E-state index in [1.807, 2.05) is 35.6 Å². The van der Waals surface area contributed by atoms with Gasteiger partial charge in [0, 0.05) is 12.2 Å². The standard InChI is InChI=1S/C17H21N3O2/c1-12-10-13(2)20(18-12)15-7-5-14(6-8-15)11-19-9-3-4-16(19)17(21)22/h5-8,10,16H,3-4,9,11H2,1-2H3,(H,21,22). The van der Waals surface area contributed by atoms with E-state index in [4.69, 9.17) is 0 Å². The molecule has 1 fully saturated rings. The molecule has 1 N–H and O–H groups in total. The van der Waals surface area contributed by atoms with Crippen molar-refractivity contribution < 1.29 is 9.90 Å². The summed E-state index contributed by atoms with van der Waals surface area (Å²) in [7, 11) is 0. The highest BCUT2D eigenvalue weighted by Gasteiger charge is 2.30. The van der Waals surface area contributed by atoms with E-state index in [9.17, 15) is 9.90 Å². The first-order valence-corrected chi connectivity index (χ1v) is 7.64. The van der Waals surface area contributed by atoms with Crippen LogP contribution in [0.5, 0.6) is 0 Å². The molecule has 1 atom stereocenters. The molecule has 5 heteroatoms.